The van der Waals surface area contributed by atoms with Crippen molar-refractivity contribution in [3.8, 4) is 0 Å². The Labute approximate surface area is 117 Å². The average molecular weight is 285 g/mol. The molecule has 1 amide bonds. The van der Waals surface area contributed by atoms with Crippen LogP contribution in [-0.4, -0.2) is 29.1 Å². The summed E-state index contributed by atoms with van der Waals surface area (Å²) in [5, 5.41) is 14.3. The zero-order valence-corrected chi connectivity index (χ0v) is 11.4. The van der Waals surface area contributed by atoms with Crippen LogP contribution in [0.15, 0.2) is 24.3 Å². The van der Waals surface area contributed by atoms with Crippen LogP contribution in [0.2, 0.25) is 0 Å². The standard InChI is InChI=1S/C13H16N2O3.ClH/c1-8(13(17)18)15-12(16)11-6-9-4-2-3-5-10(9)7-14-11;/h2-5,8,11,14H,6-7H2,1H3,(H,15,16)(H,17,18);1H/t8-,11-;/m0./s1. The molecule has 0 saturated heterocycles. The molecule has 0 bridgehead atoms. The number of nitrogens with one attached hydrogen (secondary N) is 2. The van der Waals surface area contributed by atoms with E-state index in [1.807, 2.05) is 24.3 Å². The third kappa shape index (κ3) is 3.68. The number of benzene rings is 1. The number of carbonyl (C=O) groups excluding carboxylic acids is 1. The van der Waals surface area contributed by atoms with Gasteiger partial charge in [0.25, 0.3) is 0 Å². The number of hydrogen-bond acceptors (Lipinski definition) is 3. The maximum atomic E-state index is 11.9. The molecule has 0 aromatic heterocycles. The van der Waals surface area contributed by atoms with Crippen molar-refractivity contribution in [2.75, 3.05) is 0 Å². The lowest BCUT2D eigenvalue weighted by molar-refractivity contribution is -0.141. The molecule has 0 aliphatic carbocycles. The minimum absolute atomic E-state index is 0. The second-order valence-electron chi connectivity index (χ2n) is 4.47. The molecule has 1 heterocycles. The second kappa shape index (κ2) is 6.54. The highest BCUT2D eigenvalue weighted by Gasteiger charge is 2.25. The molecule has 1 aliphatic heterocycles. The maximum Gasteiger partial charge on any atom is 0.325 e. The van der Waals surface area contributed by atoms with Gasteiger partial charge in [0.1, 0.15) is 6.04 Å². The van der Waals surface area contributed by atoms with Crippen LogP contribution in [-0.2, 0) is 22.6 Å². The van der Waals surface area contributed by atoms with Crippen LogP contribution >= 0.6 is 12.4 Å². The fraction of sp³-hybridized carbons (Fsp3) is 0.385. The molecule has 0 saturated carbocycles. The second-order valence-corrected chi connectivity index (χ2v) is 4.47. The van der Waals surface area contributed by atoms with Gasteiger partial charge in [-0.1, -0.05) is 24.3 Å². The number of carbonyl (C=O) groups is 2. The molecule has 0 radical (unpaired) electrons. The summed E-state index contributed by atoms with van der Waals surface area (Å²) in [5.41, 5.74) is 2.33. The third-order valence-corrected chi connectivity index (χ3v) is 3.13. The van der Waals surface area contributed by atoms with Gasteiger partial charge in [0, 0.05) is 6.54 Å². The van der Waals surface area contributed by atoms with Crippen LogP contribution in [0.1, 0.15) is 18.1 Å². The van der Waals surface area contributed by atoms with E-state index in [0.717, 1.165) is 5.56 Å². The Morgan fingerprint density at radius 2 is 2.00 bits per heavy atom. The van der Waals surface area contributed by atoms with Crippen molar-refractivity contribution in [1.29, 1.82) is 0 Å². The van der Waals surface area contributed by atoms with Gasteiger partial charge < -0.3 is 15.7 Å². The molecule has 5 nitrogen and oxygen atoms in total. The Bertz CT molecular complexity index is 479. The van der Waals surface area contributed by atoms with Crippen molar-refractivity contribution < 1.29 is 14.7 Å². The van der Waals surface area contributed by atoms with Crippen molar-refractivity contribution in [1.82, 2.24) is 10.6 Å². The van der Waals surface area contributed by atoms with E-state index in [1.165, 1.54) is 12.5 Å². The molecule has 2 atom stereocenters. The van der Waals surface area contributed by atoms with Gasteiger partial charge in [-0.25, -0.2) is 0 Å². The summed E-state index contributed by atoms with van der Waals surface area (Å²) in [6.07, 6.45) is 0.592. The van der Waals surface area contributed by atoms with E-state index in [4.69, 9.17) is 5.11 Å². The highest BCUT2D eigenvalue weighted by Crippen LogP contribution is 2.16. The van der Waals surface area contributed by atoms with Gasteiger partial charge in [-0.05, 0) is 24.5 Å². The van der Waals surface area contributed by atoms with E-state index in [0.29, 0.717) is 13.0 Å². The number of hydrogen-bond donors (Lipinski definition) is 3. The first-order valence-electron chi connectivity index (χ1n) is 5.91. The van der Waals surface area contributed by atoms with Gasteiger partial charge >= 0.3 is 5.97 Å². The molecule has 1 aromatic carbocycles. The fourth-order valence-corrected chi connectivity index (χ4v) is 2.02. The van der Waals surface area contributed by atoms with E-state index in [9.17, 15) is 9.59 Å². The van der Waals surface area contributed by atoms with E-state index < -0.39 is 12.0 Å². The molecule has 1 aromatic rings. The van der Waals surface area contributed by atoms with Crippen LogP contribution < -0.4 is 10.6 Å². The molecule has 6 heteroatoms. The summed E-state index contributed by atoms with van der Waals surface area (Å²) in [7, 11) is 0. The number of carboxylic acid groups (broad SMARTS) is 1. The zero-order valence-electron chi connectivity index (χ0n) is 10.6. The summed E-state index contributed by atoms with van der Waals surface area (Å²) in [4.78, 5) is 22.6. The first kappa shape index (κ1) is 15.5. The number of halogens is 1. The van der Waals surface area contributed by atoms with Crippen LogP contribution in [0.4, 0.5) is 0 Å². The molecule has 2 rings (SSSR count). The lowest BCUT2D eigenvalue weighted by Gasteiger charge is -2.26. The number of aliphatic carboxylic acids is 1. The third-order valence-electron chi connectivity index (χ3n) is 3.13. The van der Waals surface area contributed by atoms with Crippen LogP contribution in [0.3, 0.4) is 0 Å². The summed E-state index contributed by atoms with van der Waals surface area (Å²) in [6.45, 7) is 2.09. The molecule has 104 valence electrons. The smallest absolute Gasteiger partial charge is 0.325 e. The van der Waals surface area contributed by atoms with Gasteiger partial charge in [0.2, 0.25) is 5.91 Å². The summed E-state index contributed by atoms with van der Waals surface area (Å²) in [6, 6.07) is 6.71. The first-order chi connectivity index (χ1) is 8.58. The normalized spacial score (nSPS) is 18.7. The van der Waals surface area contributed by atoms with Crippen molar-refractivity contribution in [2.45, 2.75) is 32.0 Å². The molecule has 3 N–H and O–H groups in total. The van der Waals surface area contributed by atoms with E-state index in [-0.39, 0.29) is 24.4 Å². The maximum absolute atomic E-state index is 11.9. The molecule has 1 aliphatic rings. The van der Waals surface area contributed by atoms with Crippen molar-refractivity contribution >= 4 is 24.3 Å². The highest BCUT2D eigenvalue weighted by molar-refractivity contribution is 5.87. The Kier molecular flexibility index (Phi) is 5.32. The molecule has 19 heavy (non-hydrogen) atoms. The largest absolute Gasteiger partial charge is 0.480 e. The topological polar surface area (TPSA) is 78.4 Å². The highest BCUT2D eigenvalue weighted by atomic mass is 35.5. The van der Waals surface area contributed by atoms with Crippen LogP contribution in [0, 0.1) is 0 Å². The van der Waals surface area contributed by atoms with Crippen LogP contribution in [0.5, 0.6) is 0 Å². The summed E-state index contributed by atoms with van der Waals surface area (Å²) < 4.78 is 0. The van der Waals surface area contributed by atoms with E-state index in [2.05, 4.69) is 10.6 Å². The van der Waals surface area contributed by atoms with Crippen molar-refractivity contribution in [3.05, 3.63) is 35.4 Å². The number of carboxylic acids is 1. The lowest BCUT2D eigenvalue weighted by Crippen LogP contribution is -2.51. The molecule has 0 fully saturated rings. The van der Waals surface area contributed by atoms with E-state index >= 15 is 0 Å². The van der Waals surface area contributed by atoms with Crippen molar-refractivity contribution in [3.63, 3.8) is 0 Å². The van der Waals surface area contributed by atoms with Crippen LogP contribution in [0.25, 0.3) is 0 Å². The number of amides is 1. The summed E-state index contributed by atoms with van der Waals surface area (Å²) in [5.74, 6) is -1.29. The SMILES string of the molecule is C[C@H](NC(=O)[C@@H]1Cc2ccccc2CN1)C(=O)O.Cl. The fourth-order valence-electron chi connectivity index (χ4n) is 2.02. The Morgan fingerprint density at radius 1 is 1.37 bits per heavy atom. The van der Waals surface area contributed by atoms with Crippen molar-refractivity contribution in [2.24, 2.45) is 0 Å². The first-order valence-corrected chi connectivity index (χ1v) is 5.91. The Hall–Kier alpha value is -1.59. The zero-order chi connectivity index (χ0) is 13.1. The lowest BCUT2D eigenvalue weighted by atomic mass is 9.95. The molecule has 0 spiro atoms. The van der Waals surface area contributed by atoms with Gasteiger partial charge in [-0.15, -0.1) is 12.4 Å². The van der Waals surface area contributed by atoms with Gasteiger partial charge in [-0.2, -0.15) is 0 Å². The predicted molar refractivity (Wildman–Crippen MR) is 73.3 cm³/mol. The number of rotatable bonds is 3. The Balaban J connectivity index is 0.00000180. The number of fused-ring (bicyclic) bond motifs is 1. The molecular formula is C13H17ClN2O3. The Morgan fingerprint density at radius 3 is 2.63 bits per heavy atom. The average Bonchev–Trinajstić information content (AvgIpc) is 2.37. The summed E-state index contributed by atoms with van der Waals surface area (Å²) >= 11 is 0. The van der Waals surface area contributed by atoms with Gasteiger partial charge in [-0.3, -0.25) is 9.59 Å². The molecular weight excluding hydrogens is 268 g/mol. The predicted octanol–water partition coefficient (Wildman–Crippen LogP) is 0.712. The molecule has 0 unspecified atom stereocenters. The quantitative estimate of drug-likeness (QED) is 0.764. The van der Waals surface area contributed by atoms with Gasteiger partial charge in [0.05, 0.1) is 6.04 Å². The van der Waals surface area contributed by atoms with Gasteiger partial charge in [0.15, 0.2) is 0 Å². The monoisotopic (exact) mass is 284 g/mol. The van der Waals surface area contributed by atoms with E-state index in [1.54, 1.807) is 0 Å². The minimum Gasteiger partial charge on any atom is -0.480 e. The minimum atomic E-state index is -1.03.